The number of hydrogen-bond acceptors (Lipinski definition) is 2. The summed E-state index contributed by atoms with van der Waals surface area (Å²) < 4.78 is 13.5. The second kappa shape index (κ2) is 8.35. The van der Waals surface area contributed by atoms with Gasteiger partial charge in [0, 0.05) is 17.1 Å². The largest absolute Gasteiger partial charge is 0.308 e. The van der Waals surface area contributed by atoms with Crippen LogP contribution in [-0.2, 0) is 0 Å². The third-order valence-electron chi connectivity index (χ3n) is 2.94. The molecule has 0 spiro atoms. The van der Waals surface area contributed by atoms with Crippen LogP contribution in [0.25, 0.3) is 0 Å². The highest BCUT2D eigenvalue weighted by Crippen LogP contribution is 2.29. The molecule has 0 saturated carbocycles. The van der Waals surface area contributed by atoms with Gasteiger partial charge in [-0.2, -0.15) is 11.8 Å². The smallest absolute Gasteiger partial charge is 0.142 e. The van der Waals surface area contributed by atoms with Crippen molar-refractivity contribution >= 4 is 35.0 Å². The summed E-state index contributed by atoms with van der Waals surface area (Å²) in [6.07, 6.45) is 1.08. The molecular weight excluding hydrogens is 304 g/mol. The molecule has 0 aliphatic carbocycles. The van der Waals surface area contributed by atoms with Crippen LogP contribution in [0.15, 0.2) is 12.1 Å². The average molecular weight is 324 g/mol. The second-order valence-corrected chi connectivity index (χ2v) is 6.77. The first-order chi connectivity index (χ1) is 8.95. The highest BCUT2D eigenvalue weighted by molar-refractivity contribution is 7.99. The quantitative estimate of drug-likeness (QED) is 0.538. The lowest BCUT2D eigenvalue weighted by Gasteiger charge is -2.21. The summed E-state index contributed by atoms with van der Waals surface area (Å²) in [5, 5.41) is 4.00. The van der Waals surface area contributed by atoms with Crippen LogP contribution in [-0.4, -0.2) is 17.5 Å². The summed E-state index contributed by atoms with van der Waals surface area (Å²) in [6.45, 7) is 6.27. The summed E-state index contributed by atoms with van der Waals surface area (Å²) >= 11 is 13.7. The maximum atomic E-state index is 13.5. The molecule has 0 bridgehead atoms. The highest BCUT2D eigenvalue weighted by Gasteiger charge is 2.15. The van der Waals surface area contributed by atoms with Crippen molar-refractivity contribution in [3.8, 4) is 0 Å². The molecule has 2 unspecified atom stereocenters. The Bertz CT molecular complexity index is 415. The zero-order chi connectivity index (χ0) is 14.4. The molecule has 1 rings (SSSR count). The predicted octanol–water partition coefficient (Wildman–Crippen LogP) is 5.31. The molecule has 1 N–H and O–H groups in total. The van der Waals surface area contributed by atoms with Crippen LogP contribution in [0.4, 0.5) is 4.39 Å². The van der Waals surface area contributed by atoms with Crippen LogP contribution in [0.5, 0.6) is 0 Å². The van der Waals surface area contributed by atoms with E-state index in [2.05, 4.69) is 19.2 Å². The maximum absolute atomic E-state index is 13.5. The fourth-order valence-corrected chi connectivity index (χ4v) is 3.23. The first-order valence-electron chi connectivity index (χ1n) is 6.44. The normalized spacial score (nSPS) is 14.4. The molecule has 108 valence electrons. The number of hydrogen-bond donors (Lipinski definition) is 1. The van der Waals surface area contributed by atoms with Gasteiger partial charge in [-0.25, -0.2) is 4.39 Å². The zero-order valence-electron chi connectivity index (χ0n) is 11.5. The van der Waals surface area contributed by atoms with E-state index in [4.69, 9.17) is 23.2 Å². The third-order valence-corrected chi connectivity index (χ3v) is 4.49. The van der Waals surface area contributed by atoms with Gasteiger partial charge in [-0.1, -0.05) is 30.1 Å². The summed E-state index contributed by atoms with van der Waals surface area (Å²) in [6, 6.07) is 3.24. The average Bonchev–Trinajstić information content (AvgIpc) is 2.34. The van der Waals surface area contributed by atoms with Gasteiger partial charge in [-0.15, -0.1) is 0 Å². The fraction of sp³-hybridized carbons (Fsp3) is 0.571. The van der Waals surface area contributed by atoms with E-state index in [9.17, 15) is 4.39 Å². The molecule has 0 fully saturated rings. The molecule has 0 aliphatic rings. The molecule has 0 saturated heterocycles. The van der Waals surface area contributed by atoms with Crippen LogP contribution < -0.4 is 5.32 Å². The SMILES string of the molecule is CCSCCC(C)NC(C)c1cc(F)c(Cl)cc1Cl. The Hall–Kier alpha value is 0.0400. The van der Waals surface area contributed by atoms with Crippen molar-refractivity contribution in [2.75, 3.05) is 11.5 Å². The van der Waals surface area contributed by atoms with Crippen molar-refractivity contribution in [1.29, 1.82) is 0 Å². The molecule has 0 heterocycles. The molecule has 0 aromatic heterocycles. The Morgan fingerprint density at radius 1 is 1.26 bits per heavy atom. The molecule has 1 aromatic rings. The van der Waals surface area contributed by atoms with Crippen molar-refractivity contribution in [2.24, 2.45) is 0 Å². The lowest BCUT2D eigenvalue weighted by Crippen LogP contribution is -2.29. The van der Waals surface area contributed by atoms with Gasteiger partial charge in [0.2, 0.25) is 0 Å². The molecular formula is C14H20Cl2FNS. The minimum absolute atomic E-state index is 0.000827. The Morgan fingerprint density at radius 3 is 2.58 bits per heavy atom. The zero-order valence-corrected chi connectivity index (χ0v) is 13.8. The van der Waals surface area contributed by atoms with Gasteiger partial charge in [0.1, 0.15) is 5.82 Å². The number of halogens is 3. The molecule has 0 aliphatic heterocycles. The summed E-state index contributed by atoms with van der Waals surface area (Å²) in [7, 11) is 0. The summed E-state index contributed by atoms with van der Waals surface area (Å²) in [5.74, 6) is 1.83. The Labute approximate surface area is 129 Å². The summed E-state index contributed by atoms with van der Waals surface area (Å²) in [4.78, 5) is 0. The van der Waals surface area contributed by atoms with E-state index >= 15 is 0 Å². The fourth-order valence-electron chi connectivity index (χ4n) is 1.87. The van der Waals surface area contributed by atoms with Gasteiger partial charge in [-0.3, -0.25) is 0 Å². The van der Waals surface area contributed by atoms with Gasteiger partial charge in [0.05, 0.1) is 5.02 Å². The molecule has 19 heavy (non-hydrogen) atoms. The van der Waals surface area contributed by atoms with Crippen LogP contribution in [0.1, 0.15) is 38.8 Å². The minimum Gasteiger partial charge on any atom is -0.308 e. The van der Waals surface area contributed by atoms with Crippen LogP contribution in [0.3, 0.4) is 0 Å². The van der Waals surface area contributed by atoms with Gasteiger partial charge >= 0.3 is 0 Å². The Morgan fingerprint density at radius 2 is 1.95 bits per heavy atom. The minimum atomic E-state index is -0.427. The van der Waals surface area contributed by atoms with Crippen LogP contribution in [0.2, 0.25) is 10.0 Å². The van der Waals surface area contributed by atoms with Crippen molar-refractivity contribution in [3.63, 3.8) is 0 Å². The van der Waals surface area contributed by atoms with Crippen molar-refractivity contribution < 1.29 is 4.39 Å². The first-order valence-corrected chi connectivity index (χ1v) is 8.35. The van der Waals surface area contributed by atoms with E-state index < -0.39 is 5.82 Å². The van der Waals surface area contributed by atoms with Gasteiger partial charge < -0.3 is 5.32 Å². The highest BCUT2D eigenvalue weighted by atomic mass is 35.5. The maximum Gasteiger partial charge on any atom is 0.142 e. The molecule has 5 heteroatoms. The van der Waals surface area contributed by atoms with E-state index in [1.807, 2.05) is 18.7 Å². The first kappa shape index (κ1) is 17.1. The van der Waals surface area contributed by atoms with Crippen LogP contribution in [0, 0.1) is 5.82 Å². The van der Waals surface area contributed by atoms with Crippen molar-refractivity contribution in [2.45, 2.75) is 39.3 Å². The van der Waals surface area contributed by atoms with E-state index in [0.29, 0.717) is 11.1 Å². The summed E-state index contributed by atoms with van der Waals surface area (Å²) in [5.41, 5.74) is 0.749. The van der Waals surface area contributed by atoms with Gasteiger partial charge in [0.15, 0.2) is 0 Å². The van der Waals surface area contributed by atoms with Gasteiger partial charge in [0.25, 0.3) is 0 Å². The van der Waals surface area contributed by atoms with Crippen molar-refractivity contribution in [1.82, 2.24) is 5.32 Å². The number of rotatable bonds is 7. The van der Waals surface area contributed by atoms with E-state index in [-0.39, 0.29) is 11.1 Å². The molecule has 2 atom stereocenters. The van der Waals surface area contributed by atoms with Crippen molar-refractivity contribution in [3.05, 3.63) is 33.6 Å². The molecule has 0 radical (unpaired) electrons. The second-order valence-electron chi connectivity index (χ2n) is 4.56. The van der Waals surface area contributed by atoms with E-state index in [1.54, 1.807) is 0 Å². The van der Waals surface area contributed by atoms with E-state index in [1.165, 1.54) is 12.1 Å². The molecule has 0 amide bonds. The third kappa shape index (κ3) is 5.50. The van der Waals surface area contributed by atoms with E-state index in [0.717, 1.165) is 23.5 Å². The monoisotopic (exact) mass is 323 g/mol. The molecule has 1 nitrogen and oxygen atoms in total. The lowest BCUT2D eigenvalue weighted by molar-refractivity contribution is 0.470. The molecule has 1 aromatic carbocycles. The number of nitrogens with one attached hydrogen (secondary N) is 1. The number of thioether (sulfide) groups is 1. The number of benzene rings is 1. The van der Waals surface area contributed by atoms with Crippen LogP contribution >= 0.6 is 35.0 Å². The predicted molar refractivity (Wildman–Crippen MR) is 85.0 cm³/mol. The standard InChI is InChI=1S/C14H20Cl2FNS/c1-4-19-6-5-9(2)18-10(3)11-7-14(17)13(16)8-12(11)15/h7-10,18H,4-6H2,1-3H3. The van der Waals surface area contributed by atoms with Gasteiger partial charge in [-0.05, 0) is 49.5 Å². The lowest BCUT2D eigenvalue weighted by atomic mass is 10.1. The Balaban J connectivity index is 2.62. The Kier molecular flexibility index (Phi) is 7.52. The topological polar surface area (TPSA) is 12.0 Å².